The molecule has 1 heterocycles. The summed E-state index contributed by atoms with van der Waals surface area (Å²) in [4.78, 5) is 0. The Labute approximate surface area is 114 Å². The zero-order valence-corrected chi connectivity index (χ0v) is 11.6. The average molecular weight is 254 g/mol. The third-order valence-electron chi connectivity index (χ3n) is 3.14. The fourth-order valence-electron chi connectivity index (χ4n) is 1.96. The highest BCUT2D eigenvalue weighted by Crippen LogP contribution is 2.22. The molecule has 1 aromatic heterocycles. The number of nitrogens with zero attached hydrogens (tertiary/aromatic N) is 1. The standard InChI is InChI=1S/C16H19N3/c1-17-14-9-7-13(16(12-14)18-2)8-10-15-6-4-5-11-19(15)3/h4-12H,1-3H3,(H,17,18)/p+1. The van der Waals surface area contributed by atoms with Crippen LogP contribution in [-0.2, 0) is 7.05 Å². The van der Waals surface area contributed by atoms with Crippen LogP contribution in [0.2, 0.25) is 0 Å². The number of pyridine rings is 1. The zero-order valence-electron chi connectivity index (χ0n) is 11.6. The van der Waals surface area contributed by atoms with Crippen molar-refractivity contribution < 1.29 is 4.57 Å². The van der Waals surface area contributed by atoms with Gasteiger partial charge in [-0.25, -0.2) is 4.57 Å². The minimum absolute atomic E-state index is 1.10. The van der Waals surface area contributed by atoms with E-state index in [1.165, 1.54) is 11.3 Å². The van der Waals surface area contributed by atoms with Crippen LogP contribution in [0.1, 0.15) is 11.3 Å². The number of aromatic nitrogens is 1. The first-order chi connectivity index (χ1) is 9.24. The Morgan fingerprint density at radius 3 is 2.53 bits per heavy atom. The number of nitrogens with one attached hydrogen (secondary N) is 2. The molecule has 2 aromatic rings. The Morgan fingerprint density at radius 1 is 1.00 bits per heavy atom. The number of hydrogen-bond donors (Lipinski definition) is 2. The summed E-state index contributed by atoms with van der Waals surface area (Å²) in [7, 11) is 5.91. The van der Waals surface area contributed by atoms with Crippen LogP contribution in [0.4, 0.5) is 11.4 Å². The Morgan fingerprint density at radius 2 is 1.84 bits per heavy atom. The first-order valence-electron chi connectivity index (χ1n) is 6.37. The van der Waals surface area contributed by atoms with E-state index >= 15 is 0 Å². The Hall–Kier alpha value is -2.29. The lowest BCUT2D eigenvalue weighted by atomic mass is 10.1. The van der Waals surface area contributed by atoms with Gasteiger partial charge in [0.2, 0.25) is 5.69 Å². The van der Waals surface area contributed by atoms with E-state index in [9.17, 15) is 0 Å². The molecule has 19 heavy (non-hydrogen) atoms. The third kappa shape index (κ3) is 3.13. The highest BCUT2D eigenvalue weighted by atomic mass is 14.9. The second-order valence-electron chi connectivity index (χ2n) is 4.37. The molecule has 1 aromatic carbocycles. The van der Waals surface area contributed by atoms with Gasteiger partial charge in [-0.15, -0.1) is 0 Å². The molecule has 0 aliphatic heterocycles. The number of rotatable bonds is 4. The molecule has 0 saturated carbocycles. The Balaban J connectivity index is 2.30. The maximum atomic E-state index is 3.22. The van der Waals surface area contributed by atoms with Gasteiger partial charge < -0.3 is 10.6 Å². The molecule has 3 nitrogen and oxygen atoms in total. The van der Waals surface area contributed by atoms with Crippen molar-refractivity contribution in [3.05, 3.63) is 53.9 Å². The molecule has 0 aliphatic carbocycles. The van der Waals surface area contributed by atoms with Gasteiger partial charge in [0, 0.05) is 43.7 Å². The van der Waals surface area contributed by atoms with Crippen LogP contribution in [0.5, 0.6) is 0 Å². The van der Waals surface area contributed by atoms with Crippen molar-refractivity contribution in [2.75, 3.05) is 24.7 Å². The van der Waals surface area contributed by atoms with Gasteiger partial charge >= 0.3 is 0 Å². The second kappa shape index (κ2) is 6.05. The first-order valence-corrected chi connectivity index (χ1v) is 6.37. The van der Waals surface area contributed by atoms with Crippen molar-refractivity contribution in [2.24, 2.45) is 7.05 Å². The largest absolute Gasteiger partial charge is 0.388 e. The Bertz CT molecular complexity index is 588. The van der Waals surface area contributed by atoms with E-state index in [0.29, 0.717) is 0 Å². The van der Waals surface area contributed by atoms with Crippen LogP contribution in [-0.4, -0.2) is 14.1 Å². The summed E-state index contributed by atoms with van der Waals surface area (Å²) in [5.41, 5.74) is 4.56. The van der Waals surface area contributed by atoms with E-state index in [1.54, 1.807) is 0 Å². The lowest BCUT2D eigenvalue weighted by Gasteiger charge is -2.08. The highest BCUT2D eigenvalue weighted by molar-refractivity contribution is 5.77. The quantitative estimate of drug-likeness (QED) is 0.821. The van der Waals surface area contributed by atoms with Gasteiger partial charge in [-0.2, -0.15) is 0 Å². The van der Waals surface area contributed by atoms with Crippen molar-refractivity contribution in [3.63, 3.8) is 0 Å². The van der Waals surface area contributed by atoms with Crippen LogP contribution in [0.15, 0.2) is 42.6 Å². The fourth-order valence-corrected chi connectivity index (χ4v) is 1.96. The van der Waals surface area contributed by atoms with Crippen molar-refractivity contribution in [1.29, 1.82) is 0 Å². The lowest BCUT2D eigenvalue weighted by Crippen LogP contribution is -2.30. The minimum atomic E-state index is 1.10. The predicted octanol–water partition coefficient (Wildman–Crippen LogP) is 2.76. The number of anilines is 2. The monoisotopic (exact) mass is 254 g/mol. The van der Waals surface area contributed by atoms with Crippen LogP contribution < -0.4 is 15.2 Å². The summed E-state index contributed by atoms with van der Waals surface area (Å²) in [6.45, 7) is 0. The molecular formula is C16H20N3+. The van der Waals surface area contributed by atoms with E-state index < -0.39 is 0 Å². The smallest absolute Gasteiger partial charge is 0.204 e. The molecule has 0 spiro atoms. The molecule has 0 amide bonds. The average Bonchev–Trinajstić information content (AvgIpc) is 2.46. The molecule has 0 saturated heterocycles. The Kier molecular flexibility index (Phi) is 4.18. The topological polar surface area (TPSA) is 27.9 Å². The van der Waals surface area contributed by atoms with Gasteiger partial charge in [-0.1, -0.05) is 6.07 Å². The van der Waals surface area contributed by atoms with Gasteiger partial charge in [0.15, 0.2) is 6.20 Å². The molecule has 0 fully saturated rings. The van der Waals surface area contributed by atoms with Gasteiger partial charge in [-0.05, 0) is 29.8 Å². The summed E-state index contributed by atoms with van der Waals surface area (Å²) in [6.07, 6.45) is 6.29. The summed E-state index contributed by atoms with van der Waals surface area (Å²) in [5.74, 6) is 0. The van der Waals surface area contributed by atoms with E-state index in [4.69, 9.17) is 0 Å². The van der Waals surface area contributed by atoms with Crippen LogP contribution in [0.3, 0.4) is 0 Å². The summed E-state index contributed by atoms with van der Waals surface area (Å²) in [5, 5.41) is 6.37. The summed E-state index contributed by atoms with van der Waals surface area (Å²) < 4.78 is 2.09. The van der Waals surface area contributed by atoms with Crippen LogP contribution in [0.25, 0.3) is 12.2 Å². The van der Waals surface area contributed by atoms with E-state index in [-0.39, 0.29) is 0 Å². The first kappa shape index (κ1) is 13.1. The highest BCUT2D eigenvalue weighted by Gasteiger charge is 2.02. The normalized spacial score (nSPS) is 10.7. The molecule has 2 N–H and O–H groups in total. The van der Waals surface area contributed by atoms with Crippen molar-refractivity contribution in [1.82, 2.24) is 0 Å². The van der Waals surface area contributed by atoms with Crippen molar-refractivity contribution in [3.8, 4) is 0 Å². The van der Waals surface area contributed by atoms with Gasteiger partial charge in [0.1, 0.15) is 7.05 Å². The lowest BCUT2D eigenvalue weighted by molar-refractivity contribution is -0.673. The van der Waals surface area contributed by atoms with Crippen molar-refractivity contribution >= 4 is 23.5 Å². The number of benzene rings is 1. The summed E-state index contributed by atoms with van der Waals surface area (Å²) in [6, 6.07) is 12.5. The molecular weight excluding hydrogens is 234 g/mol. The predicted molar refractivity (Wildman–Crippen MR) is 82.1 cm³/mol. The van der Waals surface area contributed by atoms with Gasteiger partial charge in [0.05, 0.1) is 0 Å². The summed E-state index contributed by atoms with van der Waals surface area (Å²) >= 11 is 0. The van der Waals surface area contributed by atoms with E-state index in [0.717, 1.165) is 11.4 Å². The maximum absolute atomic E-state index is 3.22. The molecule has 0 radical (unpaired) electrons. The van der Waals surface area contributed by atoms with Gasteiger partial charge in [0.25, 0.3) is 0 Å². The van der Waals surface area contributed by atoms with Crippen molar-refractivity contribution in [2.45, 2.75) is 0 Å². The number of hydrogen-bond acceptors (Lipinski definition) is 2. The molecule has 98 valence electrons. The SMILES string of the molecule is CNc1ccc(C=Cc2cccc[n+]2C)c(NC)c1. The fraction of sp³-hybridized carbons (Fsp3) is 0.188. The molecule has 0 unspecified atom stereocenters. The molecule has 2 rings (SSSR count). The molecule has 3 heteroatoms. The van der Waals surface area contributed by atoms with E-state index in [2.05, 4.69) is 51.6 Å². The molecule has 0 aliphatic rings. The number of aryl methyl sites for hydroxylation is 1. The maximum Gasteiger partial charge on any atom is 0.204 e. The van der Waals surface area contributed by atoms with Gasteiger partial charge in [-0.3, -0.25) is 0 Å². The third-order valence-corrected chi connectivity index (χ3v) is 3.14. The van der Waals surface area contributed by atoms with E-state index in [1.807, 2.05) is 39.5 Å². The van der Waals surface area contributed by atoms with Crippen LogP contribution >= 0.6 is 0 Å². The second-order valence-corrected chi connectivity index (χ2v) is 4.37. The molecule has 0 atom stereocenters. The van der Waals surface area contributed by atoms with Crippen LogP contribution in [0, 0.1) is 0 Å². The minimum Gasteiger partial charge on any atom is -0.388 e. The molecule has 0 bridgehead atoms. The zero-order chi connectivity index (χ0) is 13.7.